The molecule has 0 bridgehead atoms. The van der Waals surface area contributed by atoms with Crippen LogP contribution < -0.4 is 15.5 Å². The van der Waals surface area contributed by atoms with Crippen LogP contribution in [0.15, 0.2) is 23.3 Å². The predicted molar refractivity (Wildman–Crippen MR) is 113 cm³/mol. The topological polar surface area (TPSA) is 72.9 Å². The van der Waals surface area contributed by atoms with Crippen molar-refractivity contribution in [3.05, 3.63) is 23.4 Å². The fraction of sp³-hybridized carbons (Fsp3) is 0.562. The number of nitrogens with one attached hydrogen (secondary N) is 2. The molecule has 1 aliphatic heterocycles. The number of rotatable bonds is 5. The molecule has 7 nitrogen and oxygen atoms in total. The van der Waals surface area contributed by atoms with Crippen molar-refractivity contribution < 1.29 is 4.79 Å². The van der Waals surface area contributed by atoms with E-state index in [4.69, 9.17) is 11.6 Å². The van der Waals surface area contributed by atoms with Crippen LogP contribution in [0, 0.1) is 0 Å². The Morgan fingerprint density at radius 3 is 2.92 bits per heavy atom. The van der Waals surface area contributed by atoms with Gasteiger partial charge in [0.2, 0.25) is 5.91 Å². The summed E-state index contributed by atoms with van der Waals surface area (Å²) in [6.07, 6.45) is 3.17. The molecule has 2 N–H and O–H groups in total. The maximum absolute atomic E-state index is 11.6. The van der Waals surface area contributed by atoms with Gasteiger partial charge in [-0.25, -0.2) is 4.98 Å². The first-order valence-corrected chi connectivity index (χ1v) is 8.42. The summed E-state index contributed by atoms with van der Waals surface area (Å²) in [4.78, 5) is 23.9. The molecule has 0 aliphatic carbocycles. The summed E-state index contributed by atoms with van der Waals surface area (Å²) in [5, 5.41) is 7.24. The van der Waals surface area contributed by atoms with E-state index in [2.05, 4.69) is 25.5 Å². The molecule has 0 saturated carbocycles. The van der Waals surface area contributed by atoms with Crippen molar-refractivity contribution in [1.29, 1.82) is 0 Å². The molecule has 1 aliphatic rings. The Bertz CT molecular complexity index is 598. The van der Waals surface area contributed by atoms with E-state index in [9.17, 15) is 4.79 Å². The second-order valence-corrected chi connectivity index (χ2v) is 6.33. The first kappa shape index (κ1) is 21.8. The quantitative estimate of drug-likeness (QED) is 0.380. The van der Waals surface area contributed by atoms with E-state index in [1.165, 1.54) is 0 Å². The first-order chi connectivity index (χ1) is 11.5. The van der Waals surface area contributed by atoms with Crippen LogP contribution in [0.25, 0.3) is 0 Å². The van der Waals surface area contributed by atoms with E-state index in [-0.39, 0.29) is 35.9 Å². The molecule has 0 aromatic carbocycles. The number of guanidine groups is 1. The third-order valence-electron chi connectivity index (χ3n) is 3.92. The number of nitrogens with zero attached hydrogens (tertiary/aromatic N) is 4. The number of aromatic nitrogens is 1. The van der Waals surface area contributed by atoms with Crippen molar-refractivity contribution in [2.24, 2.45) is 4.99 Å². The molecule has 9 heteroatoms. The summed E-state index contributed by atoms with van der Waals surface area (Å²) in [6.45, 7) is 2.26. The van der Waals surface area contributed by atoms with Gasteiger partial charge < -0.3 is 20.4 Å². The van der Waals surface area contributed by atoms with E-state index in [0.717, 1.165) is 25.3 Å². The zero-order valence-corrected chi connectivity index (χ0v) is 17.9. The van der Waals surface area contributed by atoms with Gasteiger partial charge >= 0.3 is 0 Å². The number of pyridine rings is 1. The molecule has 2 heterocycles. The molecule has 140 valence electrons. The van der Waals surface area contributed by atoms with Crippen LogP contribution >= 0.6 is 35.6 Å². The highest BCUT2D eigenvalue weighted by atomic mass is 127. The Labute approximate surface area is 171 Å². The number of amides is 1. The fourth-order valence-corrected chi connectivity index (χ4v) is 2.82. The third kappa shape index (κ3) is 6.50. The number of aliphatic imine (C=N–C) groups is 1. The number of hydrogen-bond acceptors (Lipinski definition) is 4. The molecule has 1 fully saturated rings. The van der Waals surface area contributed by atoms with Crippen molar-refractivity contribution in [3.63, 3.8) is 0 Å². The smallest absolute Gasteiger partial charge is 0.223 e. The van der Waals surface area contributed by atoms with Crippen molar-refractivity contribution in [3.8, 4) is 0 Å². The number of halogens is 2. The lowest BCUT2D eigenvalue weighted by atomic mass is 10.3. The maximum atomic E-state index is 11.6. The number of carbonyl (C=O) groups is 1. The lowest BCUT2D eigenvalue weighted by Gasteiger charge is -2.20. The number of carbonyl (C=O) groups excluding carboxylic acids is 1. The molecule has 1 unspecified atom stereocenters. The van der Waals surface area contributed by atoms with Crippen LogP contribution in [-0.4, -0.2) is 68.6 Å². The summed E-state index contributed by atoms with van der Waals surface area (Å²) in [6, 6.07) is 3.95. The van der Waals surface area contributed by atoms with Crippen molar-refractivity contribution in [1.82, 2.24) is 20.5 Å². The highest BCUT2D eigenvalue weighted by molar-refractivity contribution is 14.0. The van der Waals surface area contributed by atoms with Crippen molar-refractivity contribution in [2.45, 2.75) is 18.9 Å². The van der Waals surface area contributed by atoms with Gasteiger partial charge in [0.25, 0.3) is 0 Å². The van der Waals surface area contributed by atoms with Crippen LogP contribution in [-0.2, 0) is 4.79 Å². The summed E-state index contributed by atoms with van der Waals surface area (Å²) in [7, 11) is 5.24. The maximum Gasteiger partial charge on any atom is 0.223 e. The lowest BCUT2D eigenvalue weighted by molar-refractivity contribution is -0.128. The predicted octanol–water partition coefficient (Wildman–Crippen LogP) is 1.57. The van der Waals surface area contributed by atoms with E-state index < -0.39 is 0 Å². The van der Waals surface area contributed by atoms with Gasteiger partial charge in [-0.3, -0.25) is 9.79 Å². The summed E-state index contributed by atoms with van der Waals surface area (Å²) >= 11 is 6.21. The van der Waals surface area contributed by atoms with Gasteiger partial charge in [0.05, 0.1) is 5.02 Å². The van der Waals surface area contributed by atoms with Gasteiger partial charge in [0.15, 0.2) is 5.96 Å². The number of anilines is 1. The molecule has 25 heavy (non-hydrogen) atoms. The van der Waals surface area contributed by atoms with E-state index in [1.807, 2.05) is 12.1 Å². The molecule has 1 amide bonds. The summed E-state index contributed by atoms with van der Waals surface area (Å²) < 4.78 is 0. The Balaban J connectivity index is 0.00000312. The van der Waals surface area contributed by atoms with E-state index in [0.29, 0.717) is 23.9 Å². The average molecular weight is 481 g/mol. The van der Waals surface area contributed by atoms with Gasteiger partial charge in [-0.05, 0) is 18.6 Å². The van der Waals surface area contributed by atoms with Gasteiger partial charge in [-0.2, -0.15) is 0 Å². The first-order valence-electron chi connectivity index (χ1n) is 8.04. The summed E-state index contributed by atoms with van der Waals surface area (Å²) in [5.74, 6) is 1.62. The van der Waals surface area contributed by atoms with Crippen LogP contribution in [0.5, 0.6) is 0 Å². The molecule has 0 radical (unpaired) electrons. The highest BCUT2D eigenvalue weighted by Gasteiger charge is 2.25. The normalized spacial score (nSPS) is 17.0. The van der Waals surface area contributed by atoms with Crippen LogP contribution in [0.3, 0.4) is 0 Å². The Kier molecular flexibility index (Phi) is 9.26. The van der Waals surface area contributed by atoms with Gasteiger partial charge in [-0.1, -0.05) is 11.6 Å². The summed E-state index contributed by atoms with van der Waals surface area (Å²) in [5.41, 5.74) is 0. The molecular formula is C16H26ClIN6O. The molecule has 2 rings (SSSR count). The minimum absolute atomic E-state index is 0. The minimum Gasteiger partial charge on any atom is -0.356 e. The van der Waals surface area contributed by atoms with Crippen LogP contribution in [0.1, 0.15) is 12.8 Å². The van der Waals surface area contributed by atoms with Crippen LogP contribution in [0.2, 0.25) is 5.02 Å². The number of hydrogen-bond donors (Lipinski definition) is 2. The van der Waals surface area contributed by atoms with Crippen LogP contribution in [0.4, 0.5) is 5.82 Å². The Morgan fingerprint density at radius 1 is 1.52 bits per heavy atom. The third-order valence-corrected chi connectivity index (χ3v) is 4.22. The van der Waals surface area contributed by atoms with Gasteiger partial charge in [0.1, 0.15) is 5.82 Å². The largest absolute Gasteiger partial charge is 0.356 e. The Hall–Kier alpha value is -1.29. The molecule has 1 aromatic rings. The minimum atomic E-state index is 0. The molecule has 0 spiro atoms. The average Bonchev–Trinajstić information content (AvgIpc) is 3.02. The lowest BCUT2D eigenvalue weighted by Crippen LogP contribution is -2.45. The fourth-order valence-electron chi connectivity index (χ4n) is 2.58. The van der Waals surface area contributed by atoms with Gasteiger partial charge in [0, 0.05) is 59.4 Å². The van der Waals surface area contributed by atoms with E-state index in [1.54, 1.807) is 32.2 Å². The van der Waals surface area contributed by atoms with Crippen molar-refractivity contribution in [2.75, 3.05) is 45.7 Å². The standard InChI is InChI=1S/C16H25ClN6O.HI/c1-18-16(20-9-6-14(24)22(2)3)21-12-7-10-23(11-12)15-13(17)5-4-8-19-15;/h4-5,8,12H,6-7,9-11H2,1-3H3,(H2,18,20,21);1H. The van der Waals surface area contributed by atoms with Gasteiger partial charge in [-0.15, -0.1) is 24.0 Å². The zero-order chi connectivity index (χ0) is 17.5. The Morgan fingerprint density at radius 2 is 2.28 bits per heavy atom. The van der Waals surface area contributed by atoms with E-state index >= 15 is 0 Å². The monoisotopic (exact) mass is 480 g/mol. The molecule has 1 atom stereocenters. The molecule has 1 aromatic heterocycles. The molecular weight excluding hydrogens is 455 g/mol. The highest BCUT2D eigenvalue weighted by Crippen LogP contribution is 2.25. The second kappa shape index (κ2) is 10.6. The zero-order valence-electron chi connectivity index (χ0n) is 14.8. The second-order valence-electron chi connectivity index (χ2n) is 5.92. The SMILES string of the molecule is CN=C(NCCC(=O)N(C)C)NC1CCN(c2ncccc2Cl)C1.I. The molecule has 1 saturated heterocycles. The van der Waals surface area contributed by atoms with Crippen molar-refractivity contribution >= 4 is 53.3 Å².